The SMILES string of the molecule is C=CC(C)(CC/C=C\CCC=C(C)C)OC(C)=O. The standard InChI is InChI=1S/C16H26O2/c1-6-16(5,18-15(4)17)13-11-9-7-8-10-12-14(2)3/h6-7,9,12H,1,8,10-11,13H2,2-5H3/b9-7-. The molecule has 0 aliphatic carbocycles. The molecule has 102 valence electrons. The van der Waals surface area contributed by atoms with Crippen LogP contribution in [0, 0.1) is 0 Å². The summed E-state index contributed by atoms with van der Waals surface area (Å²) in [6.07, 6.45) is 12.1. The summed E-state index contributed by atoms with van der Waals surface area (Å²) in [5.41, 5.74) is 0.813. The van der Waals surface area contributed by atoms with Gasteiger partial charge in [0.2, 0.25) is 0 Å². The van der Waals surface area contributed by atoms with Crippen molar-refractivity contribution in [3.63, 3.8) is 0 Å². The van der Waals surface area contributed by atoms with Gasteiger partial charge < -0.3 is 4.74 Å². The van der Waals surface area contributed by atoms with Crippen molar-refractivity contribution < 1.29 is 9.53 Å². The third-order valence-corrected chi connectivity index (χ3v) is 2.67. The monoisotopic (exact) mass is 250 g/mol. The zero-order valence-corrected chi connectivity index (χ0v) is 12.2. The second-order valence-corrected chi connectivity index (χ2v) is 4.98. The van der Waals surface area contributed by atoms with Gasteiger partial charge in [-0.15, -0.1) is 0 Å². The molecular formula is C16H26O2. The van der Waals surface area contributed by atoms with Gasteiger partial charge in [-0.25, -0.2) is 0 Å². The van der Waals surface area contributed by atoms with Crippen LogP contribution >= 0.6 is 0 Å². The van der Waals surface area contributed by atoms with E-state index in [0.717, 1.165) is 25.7 Å². The zero-order valence-electron chi connectivity index (χ0n) is 12.2. The third kappa shape index (κ3) is 8.80. The van der Waals surface area contributed by atoms with E-state index in [4.69, 9.17) is 4.74 Å². The second kappa shape index (κ2) is 8.73. The molecule has 0 aliphatic heterocycles. The van der Waals surface area contributed by atoms with Gasteiger partial charge in [0.25, 0.3) is 0 Å². The summed E-state index contributed by atoms with van der Waals surface area (Å²) in [6.45, 7) is 11.3. The van der Waals surface area contributed by atoms with Gasteiger partial charge >= 0.3 is 5.97 Å². The van der Waals surface area contributed by atoms with E-state index >= 15 is 0 Å². The van der Waals surface area contributed by atoms with Crippen LogP contribution in [-0.4, -0.2) is 11.6 Å². The summed E-state index contributed by atoms with van der Waals surface area (Å²) >= 11 is 0. The Morgan fingerprint density at radius 3 is 2.28 bits per heavy atom. The Morgan fingerprint density at radius 1 is 1.17 bits per heavy atom. The molecule has 0 rings (SSSR count). The maximum atomic E-state index is 11.0. The molecule has 2 heteroatoms. The van der Waals surface area contributed by atoms with Crippen LogP contribution in [0.15, 0.2) is 36.5 Å². The van der Waals surface area contributed by atoms with Crippen LogP contribution in [0.5, 0.6) is 0 Å². The van der Waals surface area contributed by atoms with Crippen LogP contribution in [0.4, 0.5) is 0 Å². The van der Waals surface area contributed by atoms with Crippen LogP contribution in [-0.2, 0) is 9.53 Å². The van der Waals surface area contributed by atoms with Crippen LogP contribution < -0.4 is 0 Å². The van der Waals surface area contributed by atoms with Crippen molar-refractivity contribution in [3.8, 4) is 0 Å². The molecule has 0 fully saturated rings. The minimum atomic E-state index is -0.546. The van der Waals surface area contributed by atoms with E-state index in [2.05, 4.69) is 38.7 Å². The summed E-state index contributed by atoms with van der Waals surface area (Å²) in [4.78, 5) is 11.0. The lowest BCUT2D eigenvalue weighted by Gasteiger charge is -2.24. The number of hydrogen-bond acceptors (Lipinski definition) is 2. The predicted octanol–water partition coefficient (Wildman–Crippen LogP) is 4.58. The van der Waals surface area contributed by atoms with Gasteiger partial charge in [0, 0.05) is 6.92 Å². The Morgan fingerprint density at radius 2 is 1.78 bits per heavy atom. The summed E-state index contributed by atoms with van der Waals surface area (Å²) in [5, 5.41) is 0. The van der Waals surface area contributed by atoms with Gasteiger partial charge in [-0.2, -0.15) is 0 Å². The van der Waals surface area contributed by atoms with E-state index in [1.807, 2.05) is 6.92 Å². The predicted molar refractivity (Wildman–Crippen MR) is 77.4 cm³/mol. The van der Waals surface area contributed by atoms with E-state index in [0.29, 0.717) is 0 Å². The number of ether oxygens (including phenoxy) is 1. The molecule has 0 saturated heterocycles. The minimum absolute atomic E-state index is 0.259. The Balaban J connectivity index is 3.93. The van der Waals surface area contributed by atoms with E-state index in [1.165, 1.54) is 12.5 Å². The number of unbranched alkanes of at least 4 members (excludes halogenated alkanes) is 1. The first-order chi connectivity index (χ1) is 8.39. The highest BCUT2D eigenvalue weighted by Gasteiger charge is 2.22. The summed E-state index contributed by atoms with van der Waals surface area (Å²) in [6, 6.07) is 0. The average Bonchev–Trinajstić information content (AvgIpc) is 2.26. The normalized spacial score (nSPS) is 14.0. The lowest BCUT2D eigenvalue weighted by molar-refractivity contribution is -0.151. The van der Waals surface area contributed by atoms with Crippen molar-refractivity contribution in [1.82, 2.24) is 0 Å². The molecule has 0 spiro atoms. The summed E-state index contributed by atoms with van der Waals surface area (Å²) in [7, 11) is 0. The van der Waals surface area contributed by atoms with E-state index in [9.17, 15) is 4.79 Å². The van der Waals surface area contributed by atoms with Gasteiger partial charge in [-0.3, -0.25) is 4.79 Å². The smallest absolute Gasteiger partial charge is 0.303 e. The number of esters is 1. The molecule has 0 amide bonds. The van der Waals surface area contributed by atoms with Crippen LogP contribution in [0.3, 0.4) is 0 Å². The maximum Gasteiger partial charge on any atom is 0.303 e. The number of carbonyl (C=O) groups is 1. The van der Waals surface area contributed by atoms with Crippen molar-refractivity contribution in [2.24, 2.45) is 0 Å². The van der Waals surface area contributed by atoms with Gasteiger partial charge in [-0.05, 0) is 52.5 Å². The highest BCUT2D eigenvalue weighted by atomic mass is 16.6. The molecule has 1 atom stereocenters. The summed E-state index contributed by atoms with van der Waals surface area (Å²) < 4.78 is 5.25. The van der Waals surface area contributed by atoms with Gasteiger partial charge in [-0.1, -0.05) is 30.4 Å². The first kappa shape index (κ1) is 16.7. The Hall–Kier alpha value is -1.31. The molecule has 2 nitrogen and oxygen atoms in total. The van der Waals surface area contributed by atoms with E-state index in [-0.39, 0.29) is 5.97 Å². The molecule has 1 unspecified atom stereocenters. The first-order valence-corrected chi connectivity index (χ1v) is 6.51. The Kier molecular flexibility index (Phi) is 8.10. The van der Waals surface area contributed by atoms with Crippen molar-refractivity contribution in [3.05, 3.63) is 36.5 Å². The highest BCUT2D eigenvalue weighted by Crippen LogP contribution is 2.19. The fourth-order valence-corrected chi connectivity index (χ4v) is 1.60. The third-order valence-electron chi connectivity index (χ3n) is 2.67. The van der Waals surface area contributed by atoms with Gasteiger partial charge in [0.15, 0.2) is 0 Å². The number of allylic oxidation sites excluding steroid dienone is 4. The topological polar surface area (TPSA) is 26.3 Å². The molecule has 0 heterocycles. The summed E-state index contributed by atoms with van der Waals surface area (Å²) in [5.74, 6) is -0.259. The van der Waals surface area contributed by atoms with Crippen molar-refractivity contribution in [2.75, 3.05) is 0 Å². The molecule has 0 radical (unpaired) electrons. The molecule has 18 heavy (non-hydrogen) atoms. The van der Waals surface area contributed by atoms with E-state index < -0.39 is 5.60 Å². The quantitative estimate of drug-likeness (QED) is 0.358. The molecule has 0 aromatic heterocycles. The van der Waals surface area contributed by atoms with Crippen molar-refractivity contribution >= 4 is 5.97 Å². The van der Waals surface area contributed by atoms with Crippen LogP contribution in [0.25, 0.3) is 0 Å². The molecule has 0 saturated carbocycles. The van der Waals surface area contributed by atoms with E-state index in [1.54, 1.807) is 6.08 Å². The Bertz CT molecular complexity index is 322. The molecule has 0 aromatic rings. The molecular weight excluding hydrogens is 224 g/mol. The molecule has 0 N–H and O–H groups in total. The van der Waals surface area contributed by atoms with Gasteiger partial charge in [0.1, 0.15) is 5.60 Å². The van der Waals surface area contributed by atoms with Crippen molar-refractivity contribution in [1.29, 1.82) is 0 Å². The second-order valence-electron chi connectivity index (χ2n) is 4.98. The largest absolute Gasteiger partial charge is 0.455 e. The lowest BCUT2D eigenvalue weighted by atomic mass is 9.99. The first-order valence-electron chi connectivity index (χ1n) is 6.51. The zero-order chi connectivity index (χ0) is 14.0. The van der Waals surface area contributed by atoms with Crippen molar-refractivity contribution in [2.45, 2.75) is 59.0 Å². The van der Waals surface area contributed by atoms with Crippen LogP contribution in [0.2, 0.25) is 0 Å². The fraction of sp³-hybridized carbons (Fsp3) is 0.562. The highest BCUT2D eigenvalue weighted by molar-refractivity contribution is 5.66. The Labute approximate surface area is 111 Å². The molecule has 0 aromatic carbocycles. The number of rotatable bonds is 8. The van der Waals surface area contributed by atoms with Gasteiger partial charge in [0.05, 0.1) is 0 Å². The number of hydrogen-bond donors (Lipinski definition) is 0. The fourth-order valence-electron chi connectivity index (χ4n) is 1.60. The number of carbonyl (C=O) groups excluding carboxylic acids is 1. The average molecular weight is 250 g/mol. The van der Waals surface area contributed by atoms with Crippen LogP contribution in [0.1, 0.15) is 53.4 Å². The minimum Gasteiger partial charge on any atom is -0.455 e. The lowest BCUT2D eigenvalue weighted by Crippen LogP contribution is -2.27. The molecule has 0 aliphatic rings. The molecule has 0 bridgehead atoms. The maximum absolute atomic E-state index is 11.0.